The van der Waals surface area contributed by atoms with Crippen LogP contribution >= 0.6 is 0 Å². The van der Waals surface area contributed by atoms with Crippen LogP contribution in [0.4, 0.5) is 0 Å². The van der Waals surface area contributed by atoms with Crippen molar-refractivity contribution >= 4 is 25.4 Å². The van der Waals surface area contributed by atoms with Gasteiger partial charge in [-0.1, -0.05) is 58.4 Å². The van der Waals surface area contributed by atoms with E-state index in [1.54, 1.807) is 14.2 Å². The van der Waals surface area contributed by atoms with Crippen molar-refractivity contribution in [1.82, 2.24) is 20.5 Å². The van der Waals surface area contributed by atoms with Crippen LogP contribution in [0.15, 0.2) is 28.9 Å². The predicted octanol–water partition coefficient (Wildman–Crippen LogP) is 5.45. The van der Waals surface area contributed by atoms with Crippen molar-refractivity contribution in [3.05, 3.63) is 47.2 Å². The maximum absolute atomic E-state index is 12.7. The number of nitrogens with zero attached hydrogens (tertiary/aromatic N) is 2. The topological polar surface area (TPSA) is 131 Å². The number of rotatable bonds is 13. The zero-order valence-corrected chi connectivity index (χ0v) is 25.3. The smallest absolute Gasteiger partial charge is 0.273 e. The largest absolute Gasteiger partial charge is 0.497 e. The highest BCUT2D eigenvalue weighted by atomic mass is 16.5. The molecule has 2 heterocycles. The summed E-state index contributed by atoms with van der Waals surface area (Å²) in [6.45, 7) is 6.30. The Hall–Kier alpha value is -3.53. The molecular weight excluding hydrogens is 548 g/mol. The van der Waals surface area contributed by atoms with Gasteiger partial charge in [-0.05, 0) is 61.4 Å². The first kappa shape index (κ1) is 37.5. The summed E-state index contributed by atoms with van der Waals surface area (Å²) in [5.41, 5.74) is 2.63. The van der Waals surface area contributed by atoms with Gasteiger partial charge in [-0.3, -0.25) is 14.5 Å². The molecule has 43 heavy (non-hydrogen) atoms. The van der Waals surface area contributed by atoms with E-state index in [2.05, 4.69) is 26.6 Å². The van der Waals surface area contributed by atoms with E-state index in [0.29, 0.717) is 37.5 Å². The Morgan fingerprint density at radius 1 is 1.05 bits per heavy atom. The van der Waals surface area contributed by atoms with Crippen molar-refractivity contribution in [1.29, 1.82) is 0 Å². The second-order valence-corrected chi connectivity index (χ2v) is 10.8. The number of nitrogens with one attached hydrogen (secondary N) is 2. The Kier molecular flexibility index (Phi) is 18.5. The van der Waals surface area contributed by atoms with E-state index in [0.717, 1.165) is 48.6 Å². The van der Waals surface area contributed by atoms with Gasteiger partial charge in [-0.25, -0.2) is 4.98 Å². The highest BCUT2D eigenvalue weighted by Crippen LogP contribution is 2.34. The molecule has 1 saturated heterocycles. The van der Waals surface area contributed by atoms with Gasteiger partial charge in [-0.15, -0.1) is 0 Å². The molecule has 0 spiro atoms. The fraction of sp³-hybridized carbons (Fsp3) is 0.606. The fourth-order valence-electron chi connectivity index (χ4n) is 5.88. The first-order valence-electron chi connectivity index (χ1n) is 15.0. The first-order valence-corrected chi connectivity index (χ1v) is 15.0. The number of oxazole rings is 1. The number of carbonyl (C=O) groups excluding carboxylic acids is 4. The van der Waals surface area contributed by atoms with Crippen molar-refractivity contribution in [3.8, 4) is 5.75 Å². The summed E-state index contributed by atoms with van der Waals surface area (Å²) in [5.74, 6) is 2.15. The minimum absolute atomic E-state index is 0. The van der Waals surface area contributed by atoms with Gasteiger partial charge < -0.3 is 29.4 Å². The summed E-state index contributed by atoms with van der Waals surface area (Å²) >= 11 is 0. The van der Waals surface area contributed by atoms with Gasteiger partial charge in [0.2, 0.25) is 11.8 Å². The molecule has 2 N–H and O–H groups in total. The number of likely N-dealkylation sites (tertiary alicyclic amines) is 1. The van der Waals surface area contributed by atoms with Gasteiger partial charge in [0, 0.05) is 26.6 Å². The molecule has 1 aliphatic heterocycles. The summed E-state index contributed by atoms with van der Waals surface area (Å²) in [4.78, 5) is 47.4. The number of hydrogen-bond donors (Lipinski definition) is 2. The van der Waals surface area contributed by atoms with Crippen LogP contribution in [-0.2, 0) is 27.3 Å². The summed E-state index contributed by atoms with van der Waals surface area (Å²) in [5, 5.41) is 5.71. The highest BCUT2D eigenvalue weighted by Gasteiger charge is 2.31. The molecule has 1 atom stereocenters. The lowest BCUT2D eigenvalue weighted by Crippen LogP contribution is -2.26. The molecule has 0 unspecified atom stereocenters. The minimum atomic E-state index is -0.161. The zero-order chi connectivity index (χ0) is 30.7. The maximum Gasteiger partial charge on any atom is 0.273 e. The summed E-state index contributed by atoms with van der Waals surface area (Å²) in [6.07, 6.45) is 14.9. The molecule has 4 rings (SSSR count). The second kappa shape index (κ2) is 21.2. The van der Waals surface area contributed by atoms with Crippen LogP contribution < -0.4 is 15.4 Å². The molecule has 2 aromatic rings. The molecule has 10 nitrogen and oxygen atoms in total. The van der Waals surface area contributed by atoms with Gasteiger partial charge in [0.1, 0.15) is 25.6 Å². The Morgan fingerprint density at radius 2 is 1.79 bits per heavy atom. The number of ether oxygens (including phenoxy) is 1. The molecule has 2 aliphatic rings. The van der Waals surface area contributed by atoms with Gasteiger partial charge in [0.15, 0.2) is 5.69 Å². The SMILES string of the molecule is C.C=O.C=O.CNC(=O)CCc1ccc(OC)cc1CN1CCC[C@H]1c1nc(C(=O)NCCCCC2CCCCC2)co1. The lowest BCUT2D eigenvalue weighted by molar-refractivity contribution is -0.120. The van der Waals surface area contributed by atoms with Gasteiger partial charge in [-0.2, -0.15) is 0 Å². The number of benzene rings is 1. The van der Waals surface area contributed by atoms with Crippen molar-refractivity contribution in [2.75, 3.05) is 27.2 Å². The fourth-order valence-corrected chi connectivity index (χ4v) is 5.88. The molecule has 1 aromatic carbocycles. The lowest BCUT2D eigenvalue weighted by atomic mass is 9.86. The molecule has 0 radical (unpaired) electrons. The predicted molar refractivity (Wildman–Crippen MR) is 168 cm³/mol. The molecule has 10 heteroatoms. The van der Waals surface area contributed by atoms with E-state index in [-0.39, 0.29) is 25.3 Å². The second-order valence-electron chi connectivity index (χ2n) is 10.8. The van der Waals surface area contributed by atoms with Gasteiger partial charge >= 0.3 is 0 Å². The van der Waals surface area contributed by atoms with Crippen molar-refractivity contribution in [2.45, 2.75) is 97.1 Å². The number of amides is 2. The highest BCUT2D eigenvalue weighted by molar-refractivity contribution is 5.91. The van der Waals surface area contributed by atoms with E-state index >= 15 is 0 Å². The third-order valence-corrected chi connectivity index (χ3v) is 8.14. The first-order chi connectivity index (χ1) is 20.6. The van der Waals surface area contributed by atoms with Crippen LogP contribution in [0.25, 0.3) is 0 Å². The van der Waals surface area contributed by atoms with Crippen LogP contribution in [0, 0.1) is 5.92 Å². The van der Waals surface area contributed by atoms with Gasteiger partial charge in [0.25, 0.3) is 5.91 Å². The minimum Gasteiger partial charge on any atom is -0.497 e. The third-order valence-electron chi connectivity index (χ3n) is 8.14. The average molecular weight is 601 g/mol. The van der Waals surface area contributed by atoms with Crippen LogP contribution in [-0.4, -0.2) is 62.5 Å². The Morgan fingerprint density at radius 3 is 2.49 bits per heavy atom. The van der Waals surface area contributed by atoms with E-state index in [1.807, 2.05) is 25.7 Å². The van der Waals surface area contributed by atoms with Crippen LogP contribution in [0.5, 0.6) is 5.75 Å². The quantitative estimate of drug-likeness (QED) is 0.291. The lowest BCUT2D eigenvalue weighted by Gasteiger charge is -2.23. The molecule has 2 fully saturated rings. The van der Waals surface area contributed by atoms with Crippen LogP contribution in [0.3, 0.4) is 0 Å². The molecule has 1 saturated carbocycles. The number of hydrogen-bond acceptors (Lipinski definition) is 8. The molecular formula is C33H52N4O6. The van der Waals surface area contributed by atoms with Crippen molar-refractivity contribution in [2.24, 2.45) is 5.92 Å². The number of methoxy groups -OCH3 is 1. The number of aromatic nitrogens is 1. The maximum atomic E-state index is 12.7. The van der Waals surface area contributed by atoms with Crippen molar-refractivity contribution < 1.29 is 28.3 Å². The molecule has 1 aromatic heterocycles. The van der Waals surface area contributed by atoms with Crippen molar-refractivity contribution in [3.63, 3.8) is 0 Å². The van der Waals surface area contributed by atoms with E-state index in [1.165, 1.54) is 51.2 Å². The molecule has 0 bridgehead atoms. The van der Waals surface area contributed by atoms with Crippen LogP contribution in [0.2, 0.25) is 0 Å². The monoisotopic (exact) mass is 600 g/mol. The molecule has 2 amide bonds. The van der Waals surface area contributed by atoms with E-state index in [9.17, 15) is 9.59 Å². The van der Waals surface area contributed by atoms with E-state index in [4.69, 9.17) is 18.7 Å². The zero-order valence-electron chi connectivity index (χ0n) is 25.3. The van der Waals surface area contributed by atoms with Gasteiger partial charge in [0.05, 0.1) is 13.2 Å². The number of unbranched alkanes of at least 4 members (excludes halogenated alkanes) is 1. The Bertz CT molecular complexity index is 1080. The molecule has 240 valence electrons. The normalized spacial score (nSPS) is 16.5. The summed E-state index contributed by atoms with van der Waals surface area (Å²) in [6, 6.07) is 6.06. The Balaban J connectivity index is 0.00000177. The summed E-state index contributed by atoms with van der Waals surface area (Å²) < 4.78 is 11.3. The summed E-state index contributed by atoms with van der Waals surface area (Å²) in [7, 11) is 3.33. The number of carbonyl (C=O) groups is 4. The third kappa shape index (κ3) is 11.9. The Labute approximate surface area is 257 Å². The average Bonchev–Trinajstić information content (AvgIpc) is 3.72. The molecule has 1 aliphatic carbocycles. The standard InChI is InChI=1S/C30H44N4O4.2CH2O.CH4/c1-31-28(35)16-14-23-13-15-25(37-2)19-24(23)20-34-18-8-12-27(34)30-33-26(21-38-30)29(36)32-17-7-6-11-22-9-4-3-5-10-22;2*1-2;/h13,15,19,21-22,27H,3-12,14,16-18,20H2,1-2H3,(H,31,35)(H,32,36);2*1H2;1H4/t27-;;;/m0.../s1. The number of aryl methyl sites for hydroxylation is 1. The van der Waals surface area contributed by atoms with E-state index < -0.39 is 0 Å². The van der Waals surface area contributed by atoms with Crippen LogP contribution in [0.1, 0.15) is 112 Å².